The highest BCUT2D eigenvalue weighted by molar-refractivity contribution is 7.18. The third kappa shape index (κ3) is 4.07. The van der Waals surface area contributed by atoms with E-state index in [-0.39, 0.29) is 29.4 Å². The van der Waals surface area contributed by atoms with Gasteiger partial charge in [0.25, 0.3) is 5.91 Å². The van der Waals surface area contributed by atoms with Crippen molar-refractivity contribution in [3.63, 3.8) is 0 Å². The summed E-state index contributed by atoms with van der Waals surface area (Å²) in [4.78, 5) is 17.0. The number of ether oxygens (including phenoxy) is 1. The molecule has 21 heavy (non-hydrogen) atoms. The fraction of sp³-hybridized carbons (Fsp3) is 0.714. The Bertz CT molecular complexity index is 510. The highest BCUT2D eigenvalue weighted by atomic mass is 32.1. The normalized spacial score (nSPS) is 22.3. The van der Waals surface area contributed by atoms with Gasteiger partial charge in [-0.05, 0) is 40.0 Å². The number of carbonyl (C=O) groups excluding carboxylic acids is 1. The molecule has 0 saturated heterocycles. The van der Waals surface area contributed by atoms with Crippen molar-refractivity contribution >= 4 is 28.2 Å². The van der Waals surface area contributed by atoms with Crippen molar-refractivity contribution in [2.24, 2.45) is 0 Å². The van der Waals surface area contributed by atoms with Crippen LogP contribution in [0.3, 0.4) is 0 Å². The van der Waals surface area contributed by atoms with Gasteiger partial charge in [-0.25, -0.2) is 4.98 Å². The first kappa shape index (κ1) is 16.0. The number of hydrogen-bond donors (Lipinski definition) is 3. The van der Waals surface area contributed by atoms with Crippen molar-refractivity contribution in [3.8, 4) is 0 Å². The molecule has 1 aliphatic rings. The molecule has 0 bridgehead atoms. The van der Waals surface area contributed by atoms with Gasteiger partial charge in [-0.15, -0.1) is 0 Å². The molecule has 1 fully saturated rings. The van der Waals surface area contributed by atoms with Crippen LogP contribution in [-0.4, -0.2) is 35.7 Å². The minimum atomic E-state index is -0.166. The smallest absolute Gasteiger partial charge is 0.265 e. The van der Waals surface area contributed by atoms with Crippen LogP contribution >= 0.6 is 11.3 Å². The van der Waals surface area contributed by atoms with E-state index in [0.717, 1.165) is 19.3 Å². The van der Waals surface area contributed by atoms with Crippen molar-refractivity contribution in [1.82, 2.24) is 10.3 Å². The molecule has 0 spiro atoms. The number of anilines is 2. The molecule has 1 aromatic rings. The number of aromatic nitrogens is 1. The van der Waals surface area contributed by atoms with Gasteiger partial charge < -0.3 is 21.1 Å². The van der Waals surface area contributed by atoms with Crippen molar-refractivity contribution in [1.29, 1.82) is 0 Å². The highest BCUT2D eigenvalue weighted by Crippen LogP contribution is 2.28. The van der Waals surface area contributed by atoms with Crippen LogP contribution < -0.4 is 16.4 Å². The number of nitrogen functional groups attached to an aromatic ring is 1. The van der Waals surface area contributed by atoms with E-state index in [4.69, 9.17) is 10.5 Å². The number of methoxy groups -OCH3 is 1. The predicted octanol–water partition coefficient (Wildman–Crippen LogP) is 2.23. The fourth-order valence-corrected chi connectivity index (χ4v) is 3.47. The summed E-state index contributed by atoms with van der Waals surface area (Å²) in [6.45, 7) is 6.10. The first-order chi connectivity index (χ1) is 9.80. The predicted molar refractivity (Wildman–Crippen MR) is 85.8 cm³/mol. The number of amides is 1. The van der Waals surface area contributed by atoms with Gasteiger partial charge in [-0.1, -0.05) is 11.3 Å². The number of nitrogens with zero attached hydrogens (tertiary/aromatic N) is 1. The molecule has 1 heterocycles. The maximum Gasteiger partial charge on any atom is 0.265 e. The zero-order chi connectivity index (χ0) is 15.6. The Hall–Kier alpha value is -1.34. The third-order valence-electron chi connectivity index (χ3n) is 3.41. The third-order valence-corrected chi connectivity index (χ3v) is 4.40. The van der Waals surface area contributed by atoms with E-state index < -0.39 is 0 Å². The van der Waals surface area contributed by atoms with Crippen LogP contribution in [0.1, 0.15) is 49.7 Å². The summed E-state index contributed by atoms with van der Waals surface area (Å²) >= 11 is 1.29. The van der Waals surface area contributed by atoms with Gasteiger partial charge >= 0.3 is 0 Å². The summed E-state index contributed by atoms with van der Waals surface area (Å²) < 4.78 is 5.39. The van der Waals surface area contributed by atoms with E-state index in [1.54, 1.807) is 7.11 Å². The van der Waals surface area contributed by atoms with Gasteiger partial charge in [0.2, 0.25) is 0 Å². The van der Waals surface area contributed by atoms with Crippen molar-refractivity contribution in [2.45, 2.75) is 57.7 Å². The Kier molecular flexibility index (Phi) is 4.73. The van der Waals surface area contributed by atoms with E-state index in [9.17, 15) is 4.79 Å². The summed E-state index contributed by atoms with van der Waals surface area (Å²) in [5.41, 5.74) is 5.75. The van der Waals surface area contributed by atoms with E-state index >= 15 is 0 Å². The van der Waals surface area contributed by atoms with Gasteiger partial charge in [0, 0.05) is 12.6 Å². The Labute approximate surface area is 129 Å². The molecule has 2 unspecified atom stereocenters. The van der Waals surface area contributed by atoms with Crippen LogP contribution in [0.25, 0.3) is 0 Å². The molecular formula is C14H24N4O2S. The lowest BCUT2D eigenvalue weighted by atomic mass is 10.1. The second kappa shape index (κ2) is 6.19. The van der Waals surface area contributed by atoms with Crippen molar-refractivity contribution in [3.05, 3.63) is 4.88 Å². The van der Waals surface area contributed by atoms with Gasteiger partial charge in [0.15, 0.2) is 5.13 Å². The SMILES string of the molecule is COC1CCCC1NC(=O)c1sc(NC(C)(C)C)nc1N. The maximum atomic E-state index is 12.4. The fourth-order valence-electron chi connectivity index (χ4n) is 2.48. The Morgan fingerprint density at radius 3 is 2.76 bits per heavy atom. The second-order valence-corrected chi connectivity index (χ2v) is 7.39. The van der Waals surface area contributed by atoms with E-state index in [0.29, 0.717) is 10.0 Å². The lowest BCUT2D eigenvalue weighted by Gasteiger charge is -2.19. The first-order valence-corrected chi connectivity index (χ1v) is 8.00. The molecule has 2 rings (SSSR count). The number of nitrogens with two attached hydrogens (primary N) is 1. The standard InChI is InChI=1S/C14H24N4O2S/c1-14(2,3)18-13-17-11(15)10(21-13)12(19)16-8-6-5-7-9(8)20-4/h8-9H,5-7,15H2,1-4H3,(H,16,19)(H,17,18). The van der Waals surface area contributed by atoms with E-state index in [2.05, 4.69) is 15.6 Å². The quantitative estimate of drug-likeness (QED) is 0.793. The average Bonchev–Trinajstić information content (AvgIpc) is 2.93. The molecule has 0 aromatic carbocycles. The molecule has 118 valence electrons. The Morgan fingerprint density at radius 1 is 1.43 bits per heavy atom. The molecule has 4 N–H and O–H groups in total. The summed E-state index contributed by atoms with van der Waals surface area (Å²) in [6, 6.07) is 0.0584. The summed E-state index contributed by atoms with van der Waals surface area (Å²) in [5, 5.41) is 6.91. The van der Waals surface area contributed by atoms with Crippen LogP contribution in [0.15, 0.2) is 0 Å². The van der Waals surface area contributed by atoms with E-state index in [1.807, 2.05) is 20.8 Å². The molecule has 0 aliphatic heterocycles. The van der Waals surface area contributed by atoms with E-state index in [1.165, 1.54) is 11.3 Å². The molecule has 1 aromatic heterocycles. The zero-order valence-electron chi connectivity index (χ0n) is 13.0. The molecule has 2 atom stereocenters. The lowest BCUT2D eigenvalue weighted by Crippen LogP contribution is -2.40. The largest absolute Gasteiger partial charge is 0.382 e. The van der Waals surface area contributed by atoms with Gasteiger partial charge in [-0.3, -0.25) is 4.79 Å². The number of rotatable bonds is 4. The van der Waals surface area contributed by atoms with Crippen molar-refractivity contribution in [2.75, 3.05) is 18.2 Å². The van der Waals surface area contributed by atoms with Crippen LogP contribution in [0, 0.1) is 0 Å². The first-order valence-electron chi connectivity index (χ1n) is 7.18. The summed E-state index contributed by atoms with van der Waals surface area (Å²) in [7, 11) is 1.68. The minimum Gasteiger partial charge on any atom is -0.382 e. The van der Waals surface area contributed by atoms with Gasteiger partial charge in [-0.2, -0.15) is 0 Å². The van der Waals surface area contributed by atoms with Crippen LogP contribution in [-0.2, 0) is 4.74 Å². The van der Waals surface area contributed by atoms with Crippen LogP contribution in [0.5, 0.6) is 0 Å². The average molecular weight is 312 g/mol. The zero-order valence-corrected chi connectivity index (χ0v) is 13.8. The van der Waals surface area contributed by atoms with Crippen LogP contribution in [0.2, 0.25) is 0 Å². The monoisotopic (exact) mass is 312 g/mol. The molecule has 7 heteroatoms. The number of hydrogen-bond acceptors (Lipinski definition) is 6. The highest BCUT2D eigenvalue weighted by Gasteiger charge is 2.30. The number of carbonyl (C=O) groups is 1. The van der Waals surface area contributed by atoms with Gasteiger partial charge in [0.05, 0.1) is 12.1 Å². The Morgan fingerprint density at radius 2 is 2.14 bits per heavy atom. The molecule has 1 saturated carbocycles. The molecule has 6 nitrogen and oxygen atoms in total. The molecule has 1 amide bonds. The number of nitrogens with one attached hydrogen (secondary N) is 2. The molecule has 1 aliphatic carbocycles. The second-order valence-electron chi connectivity index (χ2n) is 6.39. The Balaban J connectivity index is 2.05. The molecular weight excluding hydrogens is 288 g/mol. The minimum absolute atomic E-state index is 0.0584. The summed E-state index contributed by atoms with van der Waals surface area (Å²) in [5.74, 6) is 0.108. The lowest BCUT2D eigenvalue weighted by molar-refractivity contribution is 0.0725. The topological polar surface area (TPSA) is 89.3 Å². The number of thiazole rings is 1. The summed E-state index contributed by atoms with van der Waals surface area (Å²) in [6.07, 6.45) is 3.08. The molecule has 0 radical (unpaired) electrons. The van der Waals surface area contributed by atoms with Crippen molar-refractivity contribution < 1.29 is 9.53 Å². The maximum absolute atomic E-state index is 12.4. The van der Waals surface area contributed by atoms with Gasteiger partial charge in [0.1, 0.15) is 10.7 Å². The van der Waals surface area contributed by atoms with Crippen LogP contribution in [0.4, 0.5) is 10.9 Å².